The van der Waals surface area contributed by atoms with Gasteiger partial charge in [-0.3, -0.25) is 9.59 Å². The molecule has 0 saturated carbocycles. The molecule has 1 saturated heterocycles. The molecule has 0 spiro atoms. The highest BCUT2D eigenvalue weighted by Gasteiger charge is 2.36. The van der Waals surface area contributed by atoms with E-state index in [-0.39, 0.29) is 12.3 Å². The van der Waals surface area contributed by atoms with Crippen LogP contribution < -0.4 is 14.8 Å². The standard InChI is InChI=1S/C20H29NO6/c1-3-9-26-16-6-5-15(13-17(16)27-10-4-2)19(24)21-20(14-18(22)23)7-11-25-12-8-20/h5-6,13H,3-4,7-12,14H2,1-2H3,(H,21,24)(H,22,23). The van der Waals surface area contributed by atoms with Gasteiger partial charge in [-0.1, -0.05) is 13.8 Å². The third-order valence-electron chi connectivity index (χ3n) is 4.45. The lowest BCUT2D eigenvalue weighted by Crippen LogP contribution is -2.53. The van der Waals surface area contributed by atoms with Gasteiger partial charge in [-0.2, -0.15) is 0 Å². The largest absolute Gasteiger partial charge is 0.490 e. The maximum Gasteiger partial charge on any atom is 0.305 e. The van der Waals surface area contributed by atoms with Gasteiger partial charge in [0.1, 0.15) is 0 Å². The number of hydrogen-bond donors (Lipinski definition) is 2. The Balaban J connectivity index is 2.19. The average molecular weight is 379 g/mol. The molecule has 0 atom stereocenters. The van der Waals surface area contributed by atoms with Crippen LogP contribution >= 0.6 is 0 Å². The zero-order valence-electron chi connectivity index (χ0n) is 16.1. The number of hydrogen-bond acceptors (Lipinski definition) is 5. The zero-order valence-corrected chi connectivity index (χ0v) is 16.1. The Morgan fingerprint density at radius 1 is 1.11 bits per heavy atom. The van der Waals surface area contributed by atoms with Gasteiger partial charge in [-0.05, 0) is 43.9 Å². The van der Waals surface area contributed by atoms with E-state index in [1.54, 1.807) is 18.2 Å². The molecule has 1 aromatic rings. The molecule has 7 heteroatoms. The van der Waals surface area contributed by atoms with Gasteiger partial charge in [0.25, 0.3) is 5.91 Å². The SMILES string of the molecule is CCCOc1ccc(C(=O)NC2(CC(=O)O)CCOCC2)cc1OCCC. The smallest absolute Gasteiger partial charge is 0.305 e. The van der Waals surface area contributed by atoms with Crippen LogP contribution in [0.25, 0.3) is 0 Å². The second kappa shape index (κ2) is 10.2. The summed E-state index contributed by atoms with van der Waals surface area (Å²) in [5.41, 5.74) is -0.371. The molecule has 1 aliphatic heterocycles. The van der Waals surface area contributed by atoms with E-state index in [1.165, 1.54) is 0 Å². The predicted molar refractivity (Wildman–Crippen MR) is 101 cm³/mol. The lowest BCUT2D eigenvalue weighted by Gasteiger charge is -2.36. The third kappa shape index (κ3) is 6.13. The molecule has 2 N–H and O–H groups in total. The predicted octanol–water partition coefficient (Wildman–Crippen LogP) is 3.02. The van der Waals surface area contributed by atoms with Gasteiger partial charge in [0.2, 0.25) is 0 Å². The lowest BCUT2D eigenvalue weighted by molar-refractivity contribution is -0.139. The number of benzene rings is 1. The molecule has 0 aliphatic carbocycles. The average Bonchev–Trinajstić information content (AvgIpc) is 2.64. The maximum atomic E-state index is 12.8. The van der Waals surface area contributed by atoms with Gasteiger partial charge in [0.05, 0.1) is 25.2 Å². The first-order valence-corrected chi connectivity index (χ1v) is 9.51. The zero-order chi connectivity index (χ0) is 19.7. The number of carbonyl (C=O) groups excluding carboxylic acids is 1. The fourth-order valence-electron chi connectivity index (χ4n) is 3.02. The molecule has 150 valence electrons. The highest BCUT2D eigenvalue weighted by Crippen LogP contribution is 2.30. The molecular formula is C20H29NO6. The van der Waals surface area contributed by atoms with Crippen LogP contribution in [0.5, 0.6) is 11.5 Å². The number of carbonyl (C=O) groups is 2. The molecule has 1 amide bonds. The summed E-state index contributed by atoms with van der Waals surface area (Å²) in [6.07, 6.45) is 2.53. The fourth-order valence-corrected chi connectivity index (χ4v) is 3.02. The molecule has 1 fully saturated rings. The van der Waals surface area contributed by atoms with E-state index in [1.807, 2.05) is 13.8 Å². The van der Waals surface area contributed by atoms with Crippen molar-refractivity contribution in [3.05, 3.63) is 23.8 Å². The topological polar surface area (TPSA) is 94.1 Å². The first kappa shape index (κ1) is 21.0. The van der Waals surface area contributed by atoms with Crippen LogP contribution in [0, 0.1) is 0 Å². The summed E-state index contributed by atoms with van der Waals surface area (Å²) in [5.74, 6) is -0.126. The quantitative estimate of drug-likeness (QED) is 0.649. The minimum absolute atomic E-state index is 0.126. The van der Waals surface area contributed by atoms with E-state index in [0.717, 1.165) is 12.8 Å². The minimum atomic E-state index is -0.938. The Morgan fingerprint density at radius 3 is 2.33 bits per heavy atom. The van der Waals surface area contributed by atoms with Crippen molar-refractivity contribution in [1.82, 2.24) is 5.32 Å². The first-order valence-electron chi connectivity index (χ1n) is 9.51. The summed E-state index contributed by atoms with van der Waals surface area (Å²) in [5, 5.41) is 12.2. The lowest BCUT2D eigenvalue weighted by atomic mass is 9.86. The Hall–Kier alpha value is -2.28. The van der Waals surface area contributed by atoms with Crippen LogP contribution in [0.1, 0.15) is 56.3 Å². The number of amides is 1. The first-order chi connectivity index (χ1) is 13.0. The van der Waals surface area contributed by atoms with Crippen molar-refractivity contribution in [2.75, 3.05) is 26.4 Å². The van der Waals surface area contributed by atoms with Crippen LogP contribution in [0.4, 0.5) is 0 Å². The Bertz CT molecular complexity index is 639. The third-order valence-corrected chi connectivity index (χ3v) is 4.45. The van der Waals surface area contributed by atoms with Gasteiger partial charge in [-0.15, -0.1) is 0 Å². The highest BCUT2D eigenvalue weighted by atomic mass is 16.5. The summed E-state index contributed by atoms with van der Waals surface area (Å²) in [6, 6.07) is 5.06. The molecule has 0 radical (unpaired) electrons. The van der Waals surface area contributed by atoms with Gasteiger partial charge in [-0.25, -0.2) is 0 Å². The van der Waals surface area contributed by atoms with Crippen LogP contribution in [0.2, 0.25) is 0 Å². The molecule has 1 aliphatic rings. The summed E-state index contributed by atoms with van der Waals surface area (Å²) in [7, 11) is 0. The van der Waals surface area contributed by atoms with Crippen molar-refractivity contribution in [3.8, 4) is 11.5 Å². The van der Waals surface area contributed by atoms with Crippen molar-refractivity contribution in [1.29, 1.82) is 0 Å². The number of nitrogens with one attached hydrogen (secondary N) is 1. The van der Waals surface area contributed by atoms with Gasteiger partial charge in [0, 0.05) is 18.8 Å². The van der Waals surface area contributed by atoms with E-state index in [4.69, 9.17) is 14.2 Å². The Kier molecular flexibility index (Phi) is 7.91. The molecule has 27 heavy (non-hydrogen) atoms. The second-order valence-electron chi connectivity index (χ2n) is 6.78. The van der Waals surface area contributed by atoms with Gasteiger partial charge < -0.3 is 24.6 Å². The monoisotopic (exact) mass is 379 g/mol. The van der Waals surface area contributed by atoms with Crippen LogP contribution in [-0.2, 0) is 9.53 Å². The molecule has 0 aromatic heterocycles. The van der Waals surface area contributed by atoms with Crippen molar-refractivity contribution >= 4 is 11.9 Å². The van der Waals surface area contributed by atoms with E-state index in [9.17, 15) is 14.7 Å². The maximum absolute atomic E-state index is 12.8. The number of carboxylic acids is 1. The Labute approximate surface area is 160 Å². The summed E-state index contributed by atoms with van der Waals surface area (Å²) in [6.45, 7) is 5.97. The van der Waals surface area contributed by atoms with E-state index < -0.39 is 11.5 Å². The molecule has 1 aromatic carbocycles. The van der Waals surface area contributed by atoms with Crippen molar-refractivity contribution < 1.29 is 28.9 Å². The molecule has 1 heterocycles. The van der Waals surface area contributed by atoms with Crippen molar-refractivity contribution in [3.63, 3.8) is 0 Å². The fraction of sp³-hybridized carbons (Fsp3) is 0.600. The van der Waals surface area contributed by atoms with Crippen LogP contribution in [0.3, 0.4) is 0 Å². The number of rotatable bonds is 10. The van der Waals surface area contributed by atoms with Crippen LogP contribution in [0.15, 0.2) is 18.2 Å². The van der Waals surface area contributed by atoms with Gasteiger partial charge in [0.15, 0.2) is 11.5 Å². The minimum Gasteiger partial charge on any atom is -0.490 e. The summed E-state index contributed by atoms with van der Waals surface area (Å²) < 4.78 is 16.8. The van der Waals surface area contributed by atoms with Gasteiger partial charge >= 0.3 is 5.97 Å². The number of aliphatic carboxylic acids is 1. The molecule has 0 unspecified atom stereocenters. The normalized spacial score (nSPS) is 15.8. The molecule has 7 nitrogen and oxygen atoms in total. The summed E-state index contributed by atoms with van der Waals surface area (Å²) in [4.78, 5) is 24.1. The van der Waals surface area contributed by atoms with Crippen LogP contribution in [-0.4, -0.2) is 48.9 Å². The molecule has 2 rings (SSSR count). The number of ether oxygens (including phenoxy) is 3. The Morgan fingerprint density at radius 2 is 1.74 bits per heavy atom. The van der Waals surface area contributed by atoms with E-state index in [2.05, 4.69) is 5.32 Å². The molecule has 0 bridgehead atoms. The van der Waals surface area contributed by atoms with Crippen molar-refractivity contribution in [2.24, 2.45) is 0 Å². The van der Waals surface area contributed by atoms with Crippen molar-refractivity contribution in [2.45, 2.75) is 51.5 Å². The second-order valence-corrected chi connectivity index (χ2v) is 6.78. The highest BCUT2D eigenvalue weighted by molar-refractivity contribution is 5.95. The summed E-state index contributed by atoms with van der Waals surface area (Å²) >= 11 is 0. The van der Waals surface area contributed by atoms with E-state index >= 15 is 0 Å². The van der Waals surface area contributed by atoms with E-state index in [0.29, 0.717) is 56.3 Å². The number of carboxylic acid groups (broad SMARTS) is 1. The molecular weight excluding hydrogens is 350 g/mol.